The van der Waals surface area contributed by atoms with Gasteiger partial charge in [-0.05, 0) is 59.9 Å². The largest absolute Gasteiger partial charge is 0.457 e. The summed E-state index contributed by atoms with van der Waals surface area (Å²) in [5, 5.41) is 5.88. The molecule has 3 aromatic carbocycles. The molecule has 192 valence electrons. The number of halogens is 2. The molecule has 0 radical (unpaired) electrons. The Morgan fingerprint density at radius 1 is 1.05 bits per heavy atom. The summed E-state index contributed by atoms with van der Waals surface area (Å²) >= 11 is 7.54. The molecule has 1 N–H and O–H groups in total. The highest BCUT2D eigenvalue weighted by Gasteiger charge is 2.41. The van der Waals surface area contributed by atoms with Crippen molar-refractivity contribution in [3.05, 3.63) is 123 Å². The fraction of sp³-hybridized carbons (Fsp3) is 0.138. The van der Waals surface area contributed by atoms with E-state index in [1.165, 1.54) is 36.0 Å². The van der Waals surface area contributed by atoms with Gasteiger partial charge in [0.25, 0.3) is 0 Å². The Morgan fingerprint density at radius 3 is 2.47 bits per heavy atom. The van der Waals surface area contributed by atoms with Gasteiger partial charge in [0.2, 0.25) is 5.91 Å². The van der Waals surface area contributed by atoms with E-state index in [4.69, 9.17) is 16.3 Å². The Kier molecular flexibility index (Phi) is 7.62. The van der Waals surface area contributed by atoms with Crippen molar-refractivity contribution in [3.63, 3.8) is 0 Å². The van der Waals surface area contributed by atoms with E-state index >= 15 is 0 Å². The topological polar surface area (TPSA) is 71.0 Å². The Morgan fingerprint density at radius 2 is 1.76 bits per heavy atom. The zero-order chi connectivity index (χ0) is 26.6. The van der Waals surface area contributed by atoms with Crippen molar-refractivity contribution in [2.75, 3.05) is 5.32 Å². The molecule has 0 saturated carbocycles. The van der Waals surface area contributed by atoms with Gasteiger partial charge in [-0.15, -0.1) is 0 Å². The summed E-state index contributed by atoms with van der Waals surface area (Å²) in [6.07, 6.45) is 0.0267. The van der Waals surface area contributed by atoms with E-state index in [0.717, 1.165) is 11.1 Å². The number of rotatable bonds is 7. The molecule has 0 spiro atoms. The highest BCUT2D eigenvalue weighted by Crippen LogP contribution is 2.45. The Bertz CT molecular complexity index is 1450. The Hall–Kier alpha value is -3.88. The first kappa shape index (κ1) is 25.8. The van der Waals surface area contributed by atoms with E-state index in [-0.39, 0.29) is 24.8 Å². The fourth-order valence-electron chi connectivity index (χ4n) is 4.30. The third-order valence-corrected chi connectivity index (χ3v) is 7.23. The quantitative estimate of drug-likeness (QED) is 0.328. The van der Waals surface area contributed by atoms with E-state index in [2.05, 4.69) is 10.3 Å². The van der Waals surface area contributed by atoms with Crippen LogP contribution in [0.4, 0.5) is 10.1 Å². The minimum atomic E-state index is -0.567. The first-order valence-electron chi connectivity index (χ1n) is 11.9. The van der Waals surface area contributed by atoms with Gasteiger partial charge in [0.1, 0.15) is 12.4 Å². The third-order valence-electron chi connectivity index (χ3n) is 6.09. The first-order chi connectivity index (χ1) is 18.4. The average molecular weight is 548 g/mol. The molecule has 0 fully saturated rings. The van der Waals surface area contributed by atoms with Crippen LogP contribution in [0.25, 0.3) is 0 Å². The Balaban J connectivity index is 1.42. The highest BCUT2D eigenvalue weighted by molar-refractivity contribution is 8.16. The van der Waals surface area contributed by atoms with Crippen molar-refractivity contribution in [2.24, 2.45) is 4.99 Å². The van der Waals surface area contributed by atoms with Gasteiger partial charge in [-0.1, -0.05) is 65.8 Å². The zero-order valence-corrected chi connectivity index (χ0v) is 21.9. The lowest BCUT2D eigenvalue weighted by Gasteiger charge is -2.36. The van der Waals surface area contributed by atoms with Crippen LogP contribution in [0.3, 0.4) is 0 Å². The molecule has 0 bridgehead atoms. The molecular formula is C29H23ClFN3O3S. The smallest absolute Gasteiger partial charge is 0.338 e. The summed E-state index contributed by atoms with van der Waals surface area (Å²) in [5.74, 6) is -1.15. The van der Waals surface area contributed by atoms with Crippen molar-refractivity contribution in [1.29, 1.82) is 0 Å². The highest BCUT2D eigenvalue weighted by atomic mass is 35.5. The van der Waals surface area contributed by atoms with Gasteiger partial charge in [-0.25, -0.2) is 14.2 Å². The number of carbonyl (C=O) groups is 2. The molecule has 2 heterocycles. The third kappa shape index (κ3) is 5.66. The molecule has 1 amide bonds. The molecule has 38 heavy (non-hydrogen) atoms. The summed E-state index contributed by atoms with van der Waals surface area (Å²) < 4.78 is 19.0. The normalized spacial score (nSPS) is 16.5. The average Bonchev–Trinajstić information content (AvgIpc) is 3.30. The molecule has 0 saturated heterocycles. The van der Waals surface area contributed by atoms with E-state index in [1.807, 2.05) is 52.8 Å². The lowest BCUT2D eigenvalue weighted by molar-refractivity contribution is -0.141. The summed E-state index contributed by atoms with van der Waals surface area (Å²) in [6, 6.07) is 21.7. The minimum absolute atomic E-state index is 0.0267. The molecular weight excluding hydrogens is 525 g/mol. The van der Waals surface area contributed by atoms with Gasteiger partial charge >= 0.3 is 5.97 Å². The lowest BCUT2D eigenvalue weighted by atomic mass is 9.94. The van der Waals surface area contributed by atoms with Crippen LogP contribution >= 0.6 is 23.4 Å². The monoisotopic (exact) mass is 547 g/mol. The number of aliphatic imine (C=N–C) groups is 1. The number of esters is 1. The number of allylic oxidation sites excluding steroid dienone is 1. The van der Waals surface area contributed by atoms with E-state index in [0.29, 0.717) is 32.8 Å². The molecule has 5 rings (SSSR count). The lowest BCUT2D eigenvalue weighted by Crippen LogP contribution is -2.37. The van der Waals surface area contributed by atoms with Crippen molar-refractivity contribution in [2.45, 2.75) is 26.0 Å². The van der Waals surface area contributed by atoms with Crippen LogP contribution in [0.2, 0.25) is 5.02 Å². The van der Waals surface area contributed by atoms with Crippen molar-refractivity contribution in [3.8, 4) is 0 Å². The number of benzene rings is 3. The van der Waals surface area contributed by atoms with Crippen LogP contribution in [-0.4, -0.2) is 21.9 Å². The number of amidine groups is 1. The molecule has 1 atom stereocenters. The first-order valence-corrected chi connectivity index (χ1v) is 13.1. The summed E-state index contributed by atoms with van der Waals surface area (Å²) in [6.45, 7) is 1.91. The number of ether oxygens (including phenoxy) is 1. The molecule has 0 aliphatic carbocycles. The van der Waals surface area contributed by atoms with Crippen molar-refractivity contribution < 1.29 is 18.7 Å². The molecule has 0 aromatic heterocycles. The van der Waals surface area contributed by atoms with Gasteiger partial charge in [0, 0.05) is 16.4 Å². The van der Waals surface area contributed by atoms with E-state index in [1.54, 1.807) is 19.1 Å². The van der Waals surface area contributed by atoms with Crippen LogP contribution in [-0.2, 0) is 20.9 Å². The number of hydrogen-bond acceptors (Lipinski definition) is 6. The standard InChI is InChI=1S/C29H23ClFN3O3S/c1-18-26(28(36)37-16-19-5-3-2-4-6-19)27(20-7-9-21(30)10-8-20)34-24(17-38-29(34)32-18)15-25(35)33-23-13-11-22(31)12-14-23/h2-14,17,27H,15-16H2,1H3,(H,33,35). The van der Waals surface area contributed by atoms with Crippen molar-refractivity contribution in [1.82, 2.24) is 4.90 Å². The second-order valence-electron chi connectivity index (χ2n) is 8.74. The number of thioether (sulfide) groups is 1. The van der Waals surface area contributed by atoms with Crippen LogP contribution in [0.5, 0.6) is 0 Å². The number of carbonyl (C=O) groups excluding carboxylic acids is 2. The number of nitrogens with zero attached hydrogens (tertiary/aromatic N) is 2. The van der Waals surface area contributed by atoms with E-state index < -0.39 is 12.0 Å². The maximum Gasteiger partial charge on any atom is 0.338 e. The maximum absolute atomic E-state index is 13.5. The number of nitrogens with one attached hydrogen (secondary N) is 1. The van der Waals surface area contributed by atoms with Gasteiger partial charge < -0.3 is 15.0 Å². The van der Waals surface area contributed by atoms with Crippen LogP contribution in [0.1, 0.15) is 30.5 Å². The zero-order valence-electron chi connectivity index (χ0n) is 20.4. The molecule has 2 aliphatic rings. The predicted molar refractivity (Wildman–Crippen MR) is 148 cm³/mol. The number of anilines is 1. The second kappa shape index (κ2) is 11.2. The SMILES string of the molecule is CC1=C(C(=O)OCc2ccccc2)C(c2ccc(Cl)cc2)N2C(CC(=O)Nc3ccc(F)cc3)=CSC2=N1. The van der Waals surface area contributed by atoms with Crippen LogP contribution in [0.15, 0.2) is 106 Å². The summed E-state index contributed by atoms with van der Waals surface area (Å²) in [5.41, 5.74) is 3.78. The molecule has 6 nitrogen and oxygen atoms in total. The summed E-state index contributed by atoms with van der Waals surface area (Å²) in [7, 11) is 0. The number of hydrogen-bond donors (Lipinski definition) is 1. The predicted octanol–water partition coefficient (Wildman–Crippen LogP) is 6.83. The van der Waals surface area contributed by atoms with Gasteiger partial charge in [-0.2, -0.15) is 0 Å². The molecule has 9 heteroatoms. The molecule has 1 unspecified atom stereocenters. The second-order valence-corrected chi connectivity index (χ2v) is 10.0. The van der Waals surface area contributed by atoms with Gasteiger partial charge in [-0.3, -0.25) is 4.79 Å². The summed E-state index contributed by atoms with van der Waals surface area (Å²) in [4.78, 5) is 33.0. The van der Waals surface area contributed by atoms with Crippen LogP contribution in [0, 0.1) is 5.82 Å². The van der Waals surface area contributed by atoms with Gasteiger partial charge in [0.05, 0.1) is 23.7 Å². The van der Waals surface area contributed by atoms with Crippen molar-refractivity contribution >= 4 is 46.1 Å². The molecule has 2 aliphatic heterocycles. The minimum Gasteiger partial charge on any atom is -0.457 e. The number of amides is 1. The molecule has 3 aromatic rings. The fourth-order valence-corrected chi connectivity index (χ4v) is 5.39. The van der Waals surface area contributed by atoms with Gasteiger partial charge in [0.15, 0.2) is 5.17 Å². The number of fused-ring (bicyclic) bond motifs is 1. The Labute approximate surface area is 228 Å². The van der Waals surface area contributed by atoms with E-state index in [9.17, 15) is 14.0 Å². The van der Waals surface area contributed by atoms with Crippen LogP contribution < -0.4 is 5.32 Å². The maximum atomic E-state index is 13.5.